The molecule has 2 N–H and O–H groups in total. The number of anilines is 2. The first-order chi connectivity index (χ1) is 24.0. The highest BCUT2D eigenvalue weighted by molar-refractivity contribution is 5.76. The number of benzene rings is 2. The number of ether oxygens (including phenoxy) is 2. The number of urea groups is 1. The third-order valence-corrected chi connectivity index (χ3v) is 9.48. The van der Waals surface area contributed by atoms with Gasteiger partial charge < -0.3 is 29.9 Å². The van der Waals surface area contributed by atoms with Gasteiger partial charge in [0, 0.05) is 37.0 Å². The van der Waals surface area contributed by atoms with Gasteiger partial charge in [-0.2, -0.15) is 10.2 Å². The van der Waals surface area contributed by atoms with Crippen molar-refractivity contribution in [2.24, 2.45) is 0 Å². The number of nitrogens with zero attached hydrogens (tertiary/aromatic N) is 6. The van der Waals surface area contributed by atoms with Crippen LogP contribution in [0, 0.1) is 11.6 Å². The highest BCUT2D eigenvalue weighted by Crippen LogP contribution is 2.30. The monoisotopic (exact) mass is 686 g/mol. The first-order valence-corrected chi connectivity index (χ1v) is 16.9. The van der Waals surface area contributed by atoms with Gasteiger partial charge in [0.25, 0.3) is 0 Å². The lowest BCUT2D eigenvalue weighted by atomic mass is 9.84. The Bertz CT molecular complexity index is 1600. The number of hydrogen-bond donors (Lipinski definition) is 2. The van der Waals surface area contributed by atoms with Crippen molar-refractivity contribution >= 4 is 17.7 Å². The van der Waals surface area contributed by atoms with Crippen molar-refractivity contribution in [3.8, 4) is 0 Å². The molecule has 2 aromatic heterocycles. The third-order valence-electron chi connectivity index (χ3n) is 9.48. The molecule has 0 saturated carbocycles. The van der Waals surface area contributed by atoms with Crippen LogP contribution in [-0.4, -0.2) is 88.8 Å². The minimum atomic E-state index is -0.418. The molecule has 13 heteroatoms. The average molecular weight is 687 g/mol. The SMILES string of the molecule is CC(C)(CNc1ccc(C2COCCN2C(=O)N2CCOCC2c2ccc(NCC(C)(C)c3ccc(F)cc3)nn2)nn1)c1ccc(F)cc1. The predicted molar refractivity (Wildman–Crippen MR) is 186 cm³/mol. The number of aromatic nitrogens is 4. The van der Waals surface area contributed by atoms with Gasteiger partial charge in [-0.25, -0.2) is 13.6 Å². The molecular weight excluding hydrogens is 642 g/mol. The third kappa shape index (κ3) is 8.16. The normalized spacial score (nSPS) is 18.5. The van der Waals surface area contributed by atoms with E-state index in [2.05, 4.69) is 58.7 Å². The maximum atomic E-state index is 14.2. The van der Waals surface area contributed by atoms with Crippen molar-refractivity contribution in [3.63, 3.8) is 0 Å². The molecule has 6 rings (SSSR count). The first kappa shape index (κ1) is 35.1. The Hall–Kier alpha value is -4.75. The summed E-state index contributed by atoms with van der Waals surface area (Å²) < 4.78 is 38.4. The summed E-state index contributed by atoms with van der Waals surface area (Å²) >= 11 is 0. The van der Waals surface area contributed by atoms with Crippen LogP contribution in [0.3, 0.4) is 0 Å². The van der Waals surface area contributed by atoms with Gasteiger partial charge in [-0.05, 0) is 59.7 Å². The van der Waals surface area contributed by atoms with Crippen LogP contribution in [0.2, 0.25) is 0 Å². The molecule has 4 aromatic rings. The zero-order chi connectivity index (χ0) is 35.3. The Labute approximate surface area is 291 Å². The largest absolute Gasteiger partial charge is 0.377 e. The van der Waals surface area contributed by atoms with E-state index in [4.69, 9.17) is 9.47 Å². The number of rotatable bonds is 10. The van der Waals surface area contributed by atoms with Gasteiger partial charge >= 0.3 is 6.03 Å². The minimum Gasteiger partial charge on any atom is -0.377 e. The highest BCUT2D eigenvalue weighted by atomic mass is 19.1. The summed E-state index contributed by atoms with van der Waals surface area (Å²) in [6, 6.07) is 19.5. The van der Waals surface area contributed by atoms with E-state index in [-0.39, 0.29) is 28.5 Å². The highest BCUT2D eigenvalue weighted by Gasteiger charge is 2.38. The molecule has 264 valence electrons. The van der Waals surface area contributed by atoms with Gasteiger partial charge in [0.05, 0.1) is 37.8 Å². The van der Waals surface area contributed by atoms with Crippen molar-refractivity contribution in [2.45, 2.75) is 50.6 Å². The quantitative estimate of drug-likeness (QED) is 0.211. The first-order valence-electron chi connectivity index (χ1n) is 16.9. The fraction of sp³-hybridized carbons (Fsp3) is 0.432. The second-order valence-electron chi connectivity index (χ2n) is 14.0. The summed E-state index contributed by atoms with van der Waals surface area (Å²) in [5.41, 5.74) is 2.73. The van der Waals surface area contributed by atoms with Crippen molar-refractivity contribution < 1.29 is 23.0 Å². The number of amides is 2. The smallest absolute Gasteiger partial charge is 0.321 e. The summed E-state index contributed by atoms with van der Waals surface area (Å²) in [5, 5.41) is 24.4. The number of morpholine rings is 2. The molecule has 2 fully saturated rings. The van der Waals surface area contributed by atoms with Crippen molar-refractivity contribution in [1.82, 2.24) is 30.2 Å². The molecule has 50 heavy (non-hydrogen) atoms. The maximum Gasteiger partial charge on any atom is 0.321 e. The van der Waals surface area contributed by atoms with Crippen LogP contribution in [0.15, 0.2) is 72.8 Å². The van der Waals surface area contributed by atoms with Crippen molar-refractivity contribution in [3.05, 3.63) is 107 Å². The molecule has 4 heterocycles. The standard InChI is InChI=1S/C37H44F2N8O3/c1-36(2,25-5-9-27(38)10-6-25)23-40-33-15-13-29(42-44-33)31-21-49-19-17-46(31)35(48)47-18-20-50-22-32(47)30-14-16-34(45-43-30)41-24-37(3,4)26-7-11-28(39)12-8-26/h5-16,31-32H,17-24H2,1-4H3,(H,40,44)(H,41,45). The van der Waals surface area contributed by atoms with E-state index >= 15 is 0 Å². The van der Waals surface area contributed by atoms with Crippen molar-refractivity contribution in [1.29, 1.82) is 0 Å². The number of halogens is 2. The summed E-state index contributed by atoms with van der Waals surface area (Å²) in [6.07, 6.45) is 0. The van der Waals surface area contributed by atoms with E-state index in [0.717, 1.165) is 11.1 Å². The van der Waals surface area contributed by atoms with Crippen LogP contribution >= 0.6 is 0 Å². The zero-order valence-corrected chi connectivity index (χ0v) is 28.9. The van der Waals surface area contributed by atoms with E-state index in [1.165, 1.54) is 24.3 Å². The molecule has 2 saturated heterocycles. The molecule has 2 aliphatic rings. The van der Waals surface area contributed by atoms with Crippen LogP contribution in [0.1, 0.15) is 62.3 Å². The molecule has 11 nitrogen and oxygen atoms in total. The summed E-state index contributed by atoms with van der Waals surface area (Å²) in [7, 11) is 0. The molecule has 0 spiro atoms. The van der Waals surface area contributed by atoms with E-state index in [1.807, 2.05) is 24.3 Å². The lowest BCUT2D eigenvalue weighted by Crippen LogP contribution is -2.53. The Morgan fingerprint density at radius 2 is 1.06 bits per heavy atom. The van der Waals surface area contributed by atoms with Crippen LogP contribution in [-0.2, 0) is 20.3 Å². The molecule has 2 aromatic carbocycles. The molecule has 0 bridgehead atoms. The molecule has 2 atom stereocenters. The molecule has 0 radical (unpaired) electrons. The number of hydrogen-bond acceptors (Lipinski definition) is 9. The van der Waals surface area contributed by atoms with Gasteiger partial charge in [0.1, 0.15) is 35.4 Å². The maximum absolute atomic E-state index is 14.2. The summed E-state index contributed by atoms with van der Waals surface area (Å²) in [6.45, 7) is 11.7. The number of nitrogens with one attached hydrogen (secondary N) is 2. The predicted octanol–water partition coefficient (Wildman–Crippen LogP) is 5.89. The summed E-state index contributed by atoms with van der Waals surface area (Å²) in [4.78, 5) is 17.7. The number of carbonyl (C=O) groups is 1. The Morgan fingerprint density at radius 3 is 1.42 bits per heavy atom. The van der Waals surface area contributed by atoms with E-state index in [0.29, 0.717) is 75.6 Å². The van der Waals surface area contributed by atoms with Crippen LogP contribution in [0.5, 0.6) is 0 Å². The second kappa shape index (κ2) is 15.0. The van der Waals surface area contributed by atoms with Crippen LogP contribution < -0.4 is 10.6 Å². The Kier molecular flexibility index (Phi) is 10.5. The number of carbonyl (C=O) groups excluding carboxylic acids is 1. The molecular formula is C37H44F2N8O3. The lowest BCUT2D eigenvalue weighted by molar-refractivity contribution is -0.0279. The summed E-state index contributed by atoms with van der Waals surface area (Å²) in [5.74, 6) is 0.669. The van der Waals surface area contributed by atoms with Gasteiger partial charge in [0.15, 0.2) is 0 Å². The van der Waals surface area contributed by atoms with Crippen LogP contribution in [0.25, 0.3) is 0 Å². The van der Waals surface area contributed by atoms with Crippen molar-refractivity contribution in [2.75, 3.05) is 63.2 Å². The van der Waals surface area contributed by atoms with E-state index < -0.39 is 12.1 Å². The minimum absolute atomic E-state index is 0.151. The van der Waals surface area contributed by atoms with E-state index in [9.17, 15) is 13.6 Å². The molecule has 2 aliphatic heterocycles. The lowest BCUT2D eigenvalue weighted by Gasteiger charge is -2.42. The molecule has 2 amide bonds. The Balaban J connectivity index is 1.10. The van der Waals surface area contributed by atoms with Gasteiger partial charge in [-0.1, -0.05) is 52.0 Å². The average Bonchev–Trinajstić information content (AvgIpc) is 3.14. The fourth-order valence-corrected chi connectivity index (χ4v) is 6.18. The van der Waals surface area contributed by atoms with Gasteiger partial charge in [-0.3, -0.25) is 0 Å². The van der Waals surface area contributed by atoms with E-state index in [1.54, 1.807) is 34.1 Å². The molecule has 0 aliphatic carbocycles. The topological polar surface area (TPSA) is 118 Å². The van der Waals surface area contributed by atoms with Gasteiger partial charge in [-0.15, -0.1) is 10.2 Å². The van der Waals surface area contributed by atoms with Crippen LogP contribution in [0.4, 0.5) is 25.2 Å². The zero-order valence-electron chi connectivity index (χ0n) is 28.9. The van der Waals surface area contributed by atoms with Gasteiger partial charge in [0.2, 0.25) is 0 Å². The second-order valence-corrected chi connectivity index (χ2v) is 14.0. The fourth-order valence-electron chi connectivity index (χ4n) is 6.18. The molecule has 2 unspecified atom stereocenters. The Morgan fingerprint density at radius 1 is 0.660 bits per heavy atom.